The first-order chi connectivity index (χ1) is 10.2. The Labute approximate surface area is 126 Å². The van der Waals surface area contributed by atoms with Crippen LogP contribution in [0.1, 0.15) is 23.5 Å². The van der Waals surface area contributed by atoms with E-state index in [4.69, 9.17) is 14.5 Å². The van der Waals surface area contributed by atoms with Crippen LogP contribution in [0.15, 0.2) is 24.5 Å². The predicted octanol–water partition coefficient (Wildman–Crippen LogP) is -1.09. The maximum Gasteiger partial charge on any atom is 0.469 e. The average Bonchev–Trinajstić information content (AvgIpc) is 2.72. The molecule has 0 radical (unpaired) electrons. The first kappa shape index (κ1) is 17.2. The molecule has 9 nitrogen and oxygen atoms in total. The van der Waals surface area contributed by atoms with E-state index in [-0.39, 0.29) is 5.78 Å². The number of pyridine rings is 1. The second-order valence-electron chi connectivity index (χ2n) is 4.93. The lowest BCUT2D eigenvalue weighted by Crippen LogP contribution is -2.46. The second-order valence-corrected chi connectivity index (χ2v) is 6.17. The highest BCUT2D eigenvalue weighted by atomic mass is 31.2. The lowest BCUT2D eigenvalue weighted by Gasteiger charge is -2.13. The van der Waals surface area contributed by atoms with Gasteiger partial charge >= 0.3 is 7.82 Å². The predicted molar refractivity (Wildman–Crippen MR) is 70.6 cm³/mol. The van der Waals surface area contributed by atoms with E-state index in [9.17, 15) is 19.6 Å². The molecular formula is C12H17NO8P+. The Bertz CT molecular complexity index is 603. The molecule has 0 unspecified atom stereocenters. The molecular weight excluding hydrogens is 317 g/mol. The van der Waals surface area contributed by atoms with Crippen molar-refractivity contribution in [2.75, 3.05) is 6.61 Å². The third-order valence-corrected chi connectivity index (χ3v) is 3.75. The summed E-state index contributed by atoms with van der Waals surface area (Å²) in [4.78, 5) is 28.7. The monoisotopic (exact) mass is 334 g/mol. The van der Waals surface area contributed by atoms with Crippen molar-refractivity contribution in [3.8, 4) is 0 Å². The van der Waals surface area contributed by atoms with E-state index in [1.165, 1.54) is 17.7 Å². The molecule has 2 rings (SSSR count). The van der Waals surface area contributed by atoms with Crippen molar-refractivity contribution in [3.05, 3.63) is 30.1 Å². The minimum atomic E-state index is -4.70. The number of Topliss-reactive ketones (excluding diaryl/α,β-unsaturated/α-hetero) is 1. The molecule has 0 amide bonds. The molecule has 1 aliphatic heterocycles. The third-order valence-electron chi connectivity index (χ3n) is 3.27. The van der Waals surface area contributed by atoms with Crippen molar-refractivity contribution in [2.24, 2.45) is 0 Å². The van der Waals surface area contributed by atoms with Gasteiger partial charge in [0, 0.05) is 6.07 Å². The summed E-state index contributed by atoms with van der Waals surface area (Å²) >= 11 is 0. The molecule has 1 saturated heterocycles. The summed E-state index contributed by atoms with van der Waals surface area (Å²) in [7, 11) is -4.70. The number of rotatable bonds is 5. The number of aliphatic hydroxyl groups excluding tert-OH is 2. The highest BCUT2D eigenvalue weighted by molar-refractivity contribution is 7.46. The number of aliphatic hydroxyl groups is 2. The van der Waals surface area contributed by atoms with E-state index in [2.05, 4.69) is 4.52 Å². The quantitative estimate of drug-likeness (QED) is 0.303. The van der Waals surface area contributed by atoms with Crippen LogP contribution in [0.4, 0.5) is 0 Å². The van der Waals surface area contributed by atoms with Crippen molar-refractivity contribution in [1.29, 1.82) is 0 Å². The molecule has 0 bridgehead atoms. The zero-order valence-electron chi connectivity index (χ0n) is 11.6. The minimum Gasteiger partial charge on any atom is -0.387 e. The Balaban J connectivity index is 2.14. The largest absolute Gasteiger partial charge is 0.469 e. The van der Waals surface area contributed by atoms with Crippen molar-refractivity contribution in [2.45, 2.75) is 31.5 Å². The molecule has 1 aliphatic rings. The van der Waals surface area contributed by atoms with Crippen LogP contribution < -0.4 is 4.57 Å². The molecule has 4 N–H and O–H groups in total. The zero-order valence-corrected chi connectivity index (χ0v) is 12.5. The van der Waals surface area contributed by atoms with Gasteiger partial charge in [-0.2, -0.15) is 4.57 Å². The van der Waals surface area contributed by atoms with Crippen LogP contribution in [0.2, 0.25) is 0 Å². The third kappa shape index (κ3) is 3.96. The first-order valence-electron chi connectivity index (χ1n) is 6.42. The smallest absolute Gasteiger partial charge is 0.387 e. The summed E-state index contributed by atoms with van der Waals surface area (Å²) in [6.07, 6.45) is -1.84. The van der Waals surface area contributed by atoms with Crippen LogP contribution in [0, 0.1) is 0 Å². The summed E-state index contributed by atoms with van der Waals surface area (Å²) in [5.74, 6) is -0.177. The van der Waals surface area contributed by atoms with E-state index in [1.54, 1.807) is 18.3 Å². The molecule has 0 aromatic carbocycles. The molecule has 122 valence electrons. The fourth-order valence-electron chi connectivity index (χ4n) is 2.14. The van der Waals surface area contributed by atoms with Gasteiger partial charge in [0.05, 0.1) is 12.2 Å². The number of ketones is 1. The molecule has 10 heteroatoms. The Morgan fingerprint density at radius 1 is 1.41 bits per heavy atom. The first-order valence-corrected chi connectivity index (χ1v) is 7.95. The van der Waals surface area contributed by atoms with Gasteiger partial charge in [-0.3, -0.25) is 9.32 Å². The molecule has 0 spiro atoms. The summed E-state index contributed by atoms with van der Waals surface area (Å²) in [5, 5.41) is 19.9. The van der Waals surface area contributed by atoms with Crippen molar-refractivity contribution in [3.63, 3.8) is 0 Å². The van der Waals surface area contributed by atoms with Crippen molar-refractivity contribution in [1.82, 2.24) is 0 Å². The standard InChI is InChI=1S/C12H16NO8P/c1-7(14)8-3-2-4-13(5-8)12-11(16)10(15)9(21-12)6-20-22(17,18)19/h2-5,9-12,15-16H,6H2,1H3,(H-,17,18,19)/p+1/t9-,10-,11-,12-/m1/s1. The average molecular weight is 334 g/mol. The Kier molecular flexibility index (Phi) is 5.08. The molecule has 22 heavy (non-hydrogen) atoms. The number of carbonyl (C=O) groups is 1. The second kappa shape index (κ2) is 6.51. The fourth-order valence-corrected chi connectivity index (χ4v) is 2.48. The number of hydrogen-bond acceptors (Lipinski definition) is 6. The van der Waals surface area contributed by atoms with Crippen LogP contribution in [0.5, 0.6) is 0 Å². The van der Waals surface area contributed by atoms with E-state index < -0.39 is 39.0 Å². The lowest BCUT2D eigenvalue weighted by molar-refractivity contribution is -0.765. The number of nitrogens with zero attached hydrogens (tertiary/aromatic N) is 1. The molecule has 1 aromatic rings. The molecule has 4 atom stereocenters. The molecule has 0 saturated carbocycles. The fraction of sp³-hybridized carbons (Fsp3) is 0.500. The maximum absolute atomic E-state index is 11.4. The van der Waals surface area contributed by atoms with Crippen LogP contribution >= 0.6 is 7.82 Å². The van der Waals surface area contributed by atoms with Gasteiger partial charge in [-0.25, -0.2) is 4.57 Å². The number of aromatic nitrogens is 1. The van der Waals surface area contributed by atoms with Gasteiger partial charge in [0.2, 0.25) is 0 Å². The summed E-state index contributed by atoms with van der Waals surface area (Å²) in [6.45, 7) is 0.809. The Morgan fingerprint density at radius 3 is 2.68 bits per heavy atom. The zero-order chi connectivity index (χ0) is 16.5. The lowest BCUT2D eigenvalue weighted by atomic mass is 10.1. The summed E-state index contributed by atoms with van der Waals surface area (Å²) in [6, 6.07) is 3.17. The Morgan fingerprint density at radius 2 is 2.09 bits per heavy atom. The van der Waals surface area contributed by atoms with Gasteiger partial charge in [-0.15, -0.1) is 0 Å². The van der Waals surface area contributed by atoms with Crippen LogP contribution in [0.25, 0.3) is 0 Å². The Hall–Kier alpha value is -1.19. The summed E-state index contributed by atoms with van der Waals surface area (Å²) < 4.78 is 21.8. The maximum atomic E-state index is 11.4. The van der Waals surface area contributed by atoms with Gasteiger partial charge in [0.1, 0.15) is 12.2 Å². The van der Waals surface area contributed by atoms with Crippen LogP contribution in [-0.4, -0.2) is 50.7 Å². The van der Waals surface area contributed by atoms with Gasteiger partial charge in [-0.1, -0.05) is 0 Å². The van der Waals surface area contributed by atoms with Crippen LogP contribution in [-0.2, 0) is 13.8 Å². The van der Waals surface area contributed by atoms with Crippen LogP contribution in [0.3, 0.4) is 0 Å². The highest BCUT2D eigenvalue weighted by Crippen LogP contribution is 2.37. The van der Waals surface area contributed by atoms with Gasteiger partial charge < -0.3 is 24.7 Å². The SMILES string of the molecule is CC(=O)c1ccc[n+]([C@@H]2O[C@H](COP(=O)(O)O)[C@@H](O)[C@H]2O)c1. The molecule has 2 heterocycles. The van der Waals surface area contributed by atoms with E-state index in [0.29, 0.717) is 5.56 Å². The number of hydrogen-bond donors (Lipinski definition) is 4. The number of carbonyl (C=O) groups excluding carboxylic acids is 1. The van der Waals surface area contributed by atoms with E-state index in [1.807, 2.05) is 0 Å². The van der Waals surface area contributed by atoms with Gasteiger partial charge in [0.15, 0.2) is 24.3 Å². The van der Waals surface area contributed by atoms with Crippen molar-refractivity contribution < 1.29 is 43.2 Å². The topological polar surface area (TPSA) is 137 Å². The number of phosphoric ester groups is 1. The number of phosphoric acid groups is 1. The number of ether oxygens (including phenoxy) is 1. The molecule has 0 aliphatic carbocycles. The van der Waals surface area contributed by atoms with Crippen molar-refractivity contribution >= 4 is 13.6 Å². The minimum absolute atomic E-state index is 0.177. The molecule has 1 aromatic heterocycles. The van der Waals surface area contributed by atoms with E-state index >= 15 is 0 Å². The van der Waals surface area contributed by atoms with E-state index in [0.717, 1.165) is 0 Å². The van der Waals surface area contributed by atoms with Gasteiger partial charge in [0.25, 0.3) is 6.23 Å². The molecule has 1 fully saturated rings. The van der Waals surface area contributed by atoms with Gasteiger partial charge in [-0.05, 0) is 13.0 Å². The highest BCUT2D eigenvalue weighted by Gasteiger charge is 2.48. The summed E-state index contributed by atoms with van der Waals surface area (Å²) in [5.41, 5.74) is 0.391. The normalized spacial score (nSPS) is 28.8.